The average Bonchev–Trinajstić information content (AvgIpc) is 3.27. The molecule has 184 valence electrons. The molecule has 4 heterocycles. The Bertz CT molecular complexity index is 1210. The number of nitrogens with one attached hydrogen (secondary N) is 1. The smallest absolute Gasteiger partial charge is 0.244 e. The van der Waals surface area contributed by atoms with Gasteiger partial charge in [0.15, 0.2) is 11.6 Å². The van der Waals surface area contributed by atoms with Gasteiger partial charge < -0.3 is 19.9 Å². The summed E-state index contributed by atoms with van der Waals surface area (Å²) in [6.45, 7) is 3.20. The Morgan fingerprint density at radius 1 is 1.00 bits per heavy atom. The highest BCUT2D eigenvalue weighted by Crippen LogP contribution is 2.40. The van der Waals surface area contributed by atoms with Crippen LogP contribution in [0.1, 0.15) is 25.7 Å². The molecular formula is C24H28F2N8O. The van der Waals surface area contributed by atoms with Crippen molar-refractivity contribution in [3.63, 3.8) is 0 Å². The first-order valence-corrected chi connectivity index (χ1v) is 12.1. The Balaban J connectivity index is 1.21. The van der Waals surface area contributed by atoms with E-state index in [0.717, 1.165) is 57.2 Å². The molecule has 1 N–H and O–H groups in total. The summed E-state index contributed by atoms with van der Waals surface area (Å²) < 4.78 is 34.6. The van der Waals surface area contributed by atoms with E-state index in [2.05, 4.69) is 20.2 Å². The largest absolute Gasteiger partial charge is 0.481 e. The van der Waals surface area contributed by atoms with Crippen molar-refractivity contribution in [2.24, 2.45) is 11.8 Å². The average molecular weight is 483 g/mol. The molecule has 1 aliphatic carbocycles. The Morgan fingerprint density at radius 3 is 2.57 bits per heavy atom. The molecule has 2 bridgehead atoms. The van der Waals surface area contributed by atoms with Gasteiger partial charge in [-0.25, -0.2) is 23.4 Å². The number of piperidine rings is 1. The van der Waals surface area contributed by atoms with E-state index in [9.17, 15) is 8.78 Å². The molecule has 3 aromatic rings. The van der Waals surface area contributed by atoms with Crippen LogP contribution < -0.4 is 19.9 Å². The zero-order valence-electron chi connectivity index (χ0n) is 19.6. The van der Waals surface area contributed by atoms with E-state index >= 15 is 0 Å². The SMILES string of the molecule is COc1cc(N2C[C@H]3CC[C@H](C2)C3Nc2nc3n(n2)CCCCN3c2ccc(F)c(F)c2)ncn1. The predicted octanol–water partition coefficient (Wildman–Crippen LogP) is 3.61. The maximum absolute atomic E-state index is 13.9. The summed E-state index contributed by atoms with van der Waals surface area (Å²) in [5.74, 6) is 1.89. The van der Waals surface area contributed by atoms with E-state index in [1.165, 1.54) is 6.07 Å². The molecule has 9 nitrogen and oxygen atoms in total. The third-order valence-electron chi connectivity index (χ3n) is 7.40. The van der Waals surface area contributed by atoms with Crippen molar-refractivity contribution in [3.05, 3.63) is 42.2 Å². The van der Waals surface area contributed by atoms with Crippen molar-refractivity contribution in [1.82, 2.24) is 24.7 Å². The van der Waals surface area contributed by atoms with Gasteiger partial charge in [-0.15, -0.1) is 5.10 Å². The first-order valence-electron chi connectivity index (χ1n) is 12.1. The maximum atomic E-state index is 13.9. The molecule has 2 aromatic heterocycles. The molecule has 2 fully saturated rings. The summed E-state index contributed by atoms with van der Waals surface area (Å²) in [5, 5.41) is 8.37. The van der Waals surface area contributed by atoms with E-state index < -0.39 is 11.6 Å². The zero-order valence-corrected chi connectivity index (χ0v) is 19.6. The quantitative estimate of drug-likeness (QED) is 0.591. The van der Waals surface area contributed by atoms with E-state index in [1.54, 1.807) is 19.5 Å². The number of hydrogen-bond acceptors (Lipinski definition) is 8. The molecule has 6 rings (SSSR count). The summed E-state index contributed by atoms with van der Waals surface area (Å²) in [5.41, 5.74) is 0.583. The zero-order chi connectivity index (χ0) is 23.9. The maximum Gasteiger partial charge on any atom is 0.244 e. The van der Waals surface area contributed by atoms with Gasteiger partial charge in [0.05, 0.1) is 7.11 Å². The molecule has 0 spiro atoms. The van der Waals surface area contributed by atoms with Crippen LogP contribution in [0.15, 0.2) is 30.6 Å². The summed E-state index contributed by atoms with van der Waals surface area (Å²) >= 11 is 0. The number of hydrogen-bond donors (Lipinski definition) is 1. The van der Waals surface area contributed by atoms with Crippen LogP contribution in [-0.4, -0.2) is 57.5 Å². The molecule has 1 saturated heterocycles. The third kappa shape index (κ3) is 4.12. The molecule has 2 aliphatic heterocycles. The molecule has 1 aromatic carbocycles. The molecule has 2 atom stereocenters. The fraction of sp³-hybridized carbons (Fsp3) is 0.500. The van der Waals surface area contributed by atoms with Gasteiger partial charge in [0.2, 0.25) is 17.8 Å². The van der Waals surface area contributed by atoms with Crippen LogP contribution in [0.3, 0.4) is 0 Å². The third-order valence-corrected chi connectivity index (χ3v) is 7.40. The minimum absolute atomic E-state index is 0.276. The number of nitrogens with zero attached hydrogens (tertiary/aromatic N) is 7. The lowest BCUT2D eigenvalue weighted by Gasteiger charge is -2.38. The number of rotatable bonds is 5. The summed E-state index contributed by atoms with van der Waals surface area (Å²) in [6, 6.07) is 6.14. The van der Waals surface area contributed by atoms with Crippen molar-refractivity contribution < 1.29 is 13.5 Å². The van der Waals surface area contributed by atoms with Crippen LogP contribution in [0.2, 0.25) is 0 Å². The van der Waals surface area contributed by atoms with Crippen LogP contribution >= 0.6 is 0 Å². The number of methoxy groups -OCH3 is 1. The summed E-state index contributed by atoms with van der Waals surface area (Å²) in [7, 11) is 1.61. The predicted molar refractivity (Wildman–Crippen MR) is 127 cm³/mol. The minimum atomic E-state index is -0.860. The second-order valence-electron chi connectivity index (χ2n) is 9.51. The second kappa shape index (κ2) is 8.94. The molecule has 0 unspecified atom stereocenters. The lowest BCUT2D eigenvalue weighted by molar-refractivity contribution is 0.372. The number of fused-ring (bicyclic) bond motifs is 3. The highest BCUT2D eigenvalue weighted by molar-refractivity contribution is 5.59. The van der Waals surface area contributed by atoms with Crippen LogP contribution in [0.4, 0.5) is 32.2 Å². The highest BCUT2D eigenvalue weighted by Gasteiger charge is 2.43. The number of halogens is 2. The lowest BCUT2D eigenvalue weighted by Crippen LogP contribution is -2.48. The van der Waals surface area contributed by atoms with E-state index in [4.69, 9.17) is 14.8 Å². The molecule has 35 heavy (non-hydrogen) atoms. The van der Waals surface area contributed by atoms with Gasteiger partial charge in [-0.2, -0.15) is 4.98 Å². The topological polar surface area (TPSA) is 84.2 Å². The van der Waals surface area contributed by atoms with E-state index in [0.29, 0.717) is 41.8 Å². The Labute approximate surface area is 202 Å². The van der Waals surface area contributed by atoms with Crippen LogP contribution in [0.5, 0.6) is 5.88 Å². The van der Waals surface area contributed by atoms with Gasteiger partial charge >= 0.3 is 0 Å². The van der Waals surface area contributed by atoms with Crippen LogP contribution in [-0.2, 0) is 6.54 Å². The molecule has 3 aliphatic rings. The number of anilines is 4. The van der Waals surface area contributed by atoms with Gasteiger partial charge in [0, 0.05) is 50.0 Å². The first kappa shape index (κ1) is 22.0. The Kier molecular flexibility index (Phi) is 5.62. The molecule has 11 heteroatoms. The van der Waals surface area contributed by atoms with E-state index in [-0.39, 0.29) is 6.04 Å². The van der Waals surface area contributed by atoms with Crippen molar-refractivity contribution in [3.8, 4) is 5.88 Å². The molecule has 1 saturated carbocycles. The number of aryl methyl sites for hydroxylation is 1. The first-order chi connectivity index (χ1) is 17.1. The molecule has 0 amide bonds. The fourth-order valence-corrected chi connectivity index (χ4v) is 5.68. The van der Waals surface area contributed by atoms with Crippen molar-refractivity contribution in [2.75, 3.05) is 41.9 Å². The highest BCUT2D eigenvalue weighted by atomic mass is 19.2. The van der Waals surface area contributed by atoms with Crippen molar-refractivity contribution in [1.29, 1.82) is 0 Å². The van der Waals surface area contributed by atoms with Crippen LogP contribution in [0, 0.1) is 23.5 Å². The molecular weight excluding hydrogens is 454 g/mol. The standard InChI is InChI=1S/C24H28F2N8O/c1-35-21-11-20(27-14-28-21)32-12-15-4-5-16(13-32)22(15)29-23-30-24-33(8-2-3-9-34(24)31-23)17-6-7-18(25)19(26)10-17/h6-7,10-11,14-16,22H,2-5,8-9,12-13H2,1H3,(H,29,31)/t15-,16-/m1/s1. The summed E-state index contributed by atoms with van der Waals surface area (Å²) in [6.07, 6.45) is 5.68. The molecule has 0 radical (unpaired) electrons. The number of ether oxygens (including phenoxy) is 1. The number of benzene rings is 1. The second-order valence-corrected chi connectivity index (χ2v) is 9.51. The normalized spacial score (nSPS) is 23.7. The van der Waals surface area contributed by atoms with Gasteiger partial charge in [0.25, 0.3) is 0 Å². The van der Waals surface area contributed by atoms with Crippen LogP contribution in [0.25, 0.3) is 0 Å². The minimum Gasteiger partial charge on any atom is -0.481 e. The Morgan fingerprint density at radius 2 is 1.80 bits per heavy atom. The van der Waals surface area contributed by atoms with Gasteiger partial charge in [-0.1, -0.05) is 0 Å². The van der Waals surface area contributed by atoms with E-state index in [1.807, 2.05) is 15.6 Å². The monoisotopic (exact) mass is 482 g/mol. The van der Waals surface area contributed by atoms with Crippen molar-refractivity contribution >= 4 is 23.4 Å². The van der Waals surface area contributed by atoms with Gasteiger partial charge in [-0.05, 0) is 49.7 Å². The van der Waals surface area contributed by atoms with Gasteiger partial charge in [-0.3, -0.25) is 0 Å². The fourth-order valence-electron chi connectivity index (χ4n) is 5.68. The van der Waals surface area contributed by atoms with Gasteiger partial charge in [0.1, 0.15) is 12.1 Å². The number of aromatic nitrogens is 5. The summed E-state index contributed by atoms with van der Waals surface area (Å²) in [4.78, 5) is 17.6. The van der Waals surface area contributed by atoms with Crippen molar-refractivity contribution in [2.45, 2.75) is 38.3 Å². The lowest BCUT2D eigenvalue weighted by atomic mass is 9.92. The Hall–Kier alpha value is -3.50.